The summed E-state index contributed by atoms with van der Waals surface area (Å²) >= 11 is 5.81. The van der Waals surface area contributed by atoms with E-state index in [4.69, 9.17) is 11.6 Å². The average Bonchev–Trinajstić information content (AvgIpc) is 2.80. The number of nitrogens with zero attached hydrogens (tertiary/aromatic N) is 4. The molecule has 5 nitrogen and oxygen atoms in total. The quantitative estimate of drug-likeness (QED) is 0.729. The summed E-state index contributed by atoms with van der Waals surface area (Å²) in [5.41, 5.74) is 2.19. The molecule has 0 spiro atoms. The smallest absolute Gasteiger partial charge is 0.224 e. The van der Waals surface area contributed by atoms with E-state index < -0.39 is 0 Å². The molecule has 2 heterocycles. The van der Waals surface area contributed by atoms with E-state index in [9.17, 15) is 0 Å². The molecule has 3 rings (SSSR count). The Morgan fingerprint density at radius 2 is 2.11 bits per heavy atom. The molecular formula is C13H12ClN5. The van der Waals surface area contributed by atoms with Gasteiger partial charge >= 0.3 is 0 Å². The summed E-state index contributed by atoms with van der Waals surface area (Å²) in [6.45, 7) is 2.05. The highest BCUT2D eigenvalue weighted by Crippen LogP contribution is 2.28. The number of fused-ring (bicyclic) bond motifs is 1. The lowest BCUT2D eigenvalue weighted by atomic mass is 10.2. The Morgan fingerprint density at radius 3 is 2.89 bits per heavy atom. The highest BCUT2D eigenvalue weighted by molar-refractivity contribution is 6.28. The van der Waals surface area contributed by atoms with Gasteiger partial charge in [0.2, 0.25) is 5.28 Å². The number of nitrogens with one attached hydrogen (secondary N) is 1. The molecule has 0 saturated carbocycles. The summed E-state index contributed by atoms with van der Waals surface area (Å²) in [6.07, 6.45) is 1.63. The summed E-state index contributed by atoms with van der Waals surface area (Å²) in [6, 6.07) is 7.96. The van der Waals surface area contributed by atoms with Crippen molar-refractivity contribution in [2.75, 3.05) is 11.9 Å². The fourth-order valence-corrected chi connectivity index (χ4v) is 2.14. The number of aromatic amines is 1. The van der Waals surface area contributed by atoms with E-state index in [-0.39, 0.29) is 5.28 Å². The summed E-state index contributed by atoms with van der Waals surface area (Å²) in [7, 11) is 1.90. The van der Waals surface area contributed by atoms with Crippen LogP contribution in [0.15, 0.2) is 30.5 Å². The molecule has 0 aliphatic carbocycles. The van der Waals surface area contributed by atoms with Gasteiger partial charge in [0.25, 0.3) is 0 Å². The predicted molar refractivity (Wildman–Crippen MR) is 75.9 cm³/mol. The number of hydrogen-bond donors (Lipinski definition) is 1. The average molecular weight is 274 g/mol. The molecule has 0 aliphatic rings. The number of rotatable bonds is 2. The van der Waals surface area contributed by atoms with Crippen molar-refractivity contribution in [3.05, 3.63) is 41.3 Å². The zero-order valence-corrected chi connectivity index (χ0v) is 11.3. The summed E-state index contributed by atoms with van der Waals surface area (Å²) in [5.74, 6) is 1.51. The first-order valence-electron chi connectivity index (χ1n) is 5.82. The second kappa shape index (κ2) is 4.51. The summed E-state index contributed by atoms with van der Waals surface area (Å²) < 4.78 is 0. The predicted octanol–water partition coefficient (Wildman–Crippen LogP) is 3.08. The number of halogens is 1. The largest absolute Gasteiger partial charge is 0.312 e. The zero-order valence-electron chi connectivity index (χ0n) is 10.6. The normalized spacial score (nSPS) is 10.9. The zero-order chi connectivity index (χ0) is 13.4. The molecule has 96 valence electrons. The maximum atomic E-state index is 5.81. The molecular weight excluding hydrogens is 262 g/mol. The van der Waals surface area contributed by atoms with Crippen LogP contribution in [0.5, 0.6) is 0 Å². The number of aromatic nitrogens is 4. The van der Waals surface area contributed by atoms with E-state index in [0.717, 1.165) is 16.7 Å². The second-order valence-electron chi connectivity index (χ2n) is 4.34. The Bertz CT molecular complexity index is 737. The first-order valence-corrected chi connectivity index (χ1v) is 6.20. The molecule has 0 aliphatic heterocycles. The van der Waals surface area contributed by atoms with Gasteiger partial charge in [-0.25, -0.2) is 9.97 Å². The minimum Gasteiger partial charge on any atom is -0.312 e. The van der Waals surface area contributed by atoms with Crippen LogP contribution in [-0.4, -0.2) is 27.2 Å². The van der Waals surface area contributed by atoms with Crippen molar-refractivity contribution in [2.24, 2.45) is 0 Å². The Hall–Kier alpha value is -2.14. The van der Waals surface area contributed by atoms with Gasteiger partial charge in [0.05, 0.1) is 5.52 Å². The van der Waals surface area contributed by atoms with E-state index in [1.54, 1.807) is 12.3 Å². The second-order valence-corrected chi connectivity index (χ2v) is 4.68. The minimum atomic E-state index is 0.222. The van der Waals surface area contributed by atoms with Crippen LogP contribution in [0.1, 0.15) is 5.56 Å². The number of H-pyrrole nitrogens is 1. The lowest BCUT2D eigenvalue weighted by Gasteiger charge is -2.15. The van der Waals surface area contributed by atoms with Gasteiger partial charge < -0.3 is 4.90 Å². The molecule has 1 aromatic carbocycles. The molecule has 0 atom stereocenters. The molecule has 19 heavy (non-hydrogen) atoms. The van der Waals surface area contributed by atoms with Crippen molar-refractivity contribution in [2.45, 2.75) is 6.92 Å². The van der Waals surface area contributed by atoms with Crippen molar-refractivity contribution >= 4 is 34.1 Å². The Morgan fingerprint density at radius 1 is 1.26 bits per heavy atom. The molecule has 0 unspecified atom stereocenters. The number of anilines is 2. The number of benzene rings is 1. The molecule has 0 fully saturated rings. The van der Waals surface area contributed by atoms with Crippen LogP contribution in [0, 0.1) is 6.92 Å². The third-order valence-electron chi connectivity index (χ3n) is 2.97. The third kappa shape index (κ3) is 2.13. The van der Waals surface area contributed by atoms with E-state index in [1.165, 1.54) is 5.56 Å². The maximum Gasteiger partial charge on any atom is 0.224 e. The van der Waals surface area contributed by atoms with Crippen LogP contribution in [0.2, 0.25) is 5.28 Å². The molecule has 3 aromatic rings. The van der Waals surface area contributed by atoms with Gasteiger partial charge in [-0.3, -0.25) is 5.10 Å². The van der Waals surface area contributed by atoms with Crippen molar-refractivity contribution in [3.63, 3.8) is 0 Å². The molecule has 2 aromatic heterocycles. The monoisotopic (exact) mass is 273 g/mol. The van der Waals surface area contributed by atoms with Gasteiger partial charge in [-0.05, 0) is 42.3 Å². The molecule has 0 saturated heterocycles. The maximum absolute atomic E-state index is 5.81. The molecule has 0 bridgehead atoms. The first-order chi connectivity index (χ1) is 9.15. The third-order valence-corrected chi connectivity index (χ3v) is 3.15. The summed E-state index contributed by atoms with van der Waals surface area (Å²) in [5, 5.41) is 8.63. The van der Waals surface area contributed by atoms with Crippen LogP contribution < -0.4 is 4.90 Å². The number of hydrogen-bond acceptors (Lipinski definition) is 4. The highest BCUT2D eigenvalue weighted by atomic mass is 35.5. The van der Waals surface area contributed by atoms with E-state index in [2.05, 4.69) is 32.3 Å². The van der Waals surface area contributed by atoms with Crippen LogP contribution in [-0.2, 0) is 0 Å². The fraction of sp³-hybridized carbons (Fsp3) is 0.154. The molecule has 6 heteroatoms. The minimum absolute atomic E-state index is 0.222. The van der Waals surface area contributed by atoms with Crippen LogP contribution >= 0.6 is 11.6 Å². The fourth-order valence-electron chi connectivity index (χ4n) is 2.00. The summed E-state index contributed by atoms with van der Waals surface area (Å²) in [4.78, 5) is 9.93. The topological polar surface area (TPSA) is 57.7 Å². The van der Waals surface area contributed by atoms with E-state index in [0.29, 0.717) is 5.82 Å². The lowest BCUT2D eigenvalue weighted by Crippen LogP contribution is -2.12. The molecule has 0 radical (unpaired) electrons. The molecule has 1 N–H and O–H groups in total. The van der Waals surface area contributed by atoms with Crippen molar-refractivity contribution in [1.82, 2.24) is 20.2 Å². The Balaban J connectivity index is 2.09. The Labute approximate surface area is 115 Å². The molecule has 0 amide bonds. The van der Waals surface area contributed by atoms with Gasteiger partial charge in [-0.1, -0.05) is 6.07 Å². The SMILES string of the molecule is Cc1ccc2c(N(C)c3ccnc(Cl)n3)n[nH]c2c1. The van der Waals surface area contributed by atoms with Gasteiger partial charge in [-0.2, -0.15) is 5.10 Å². The van der Waals surface area contributed by atoms with Crippen molar-refractivity contribution in [1.29, 1.82) is 0 Å². The van der Waals surface area contributed by atoms with Crippen LogP contribution in [0.25, 0.3) is 10.9 Å². The Kier molecular flexibility index (Phi) is 2.83. The van der Waals surface area contributed by atoms with E-state index in [1.807, 2.05) is 24.9 Å². The van der Waals surface area contributed by atoms with Gasteiger partial charge in [-0.15, -0.1) is 0 Å². The van der Waals surface area contributed by atoms with Gasteiger partial charge in [0, 0.05) is 18.6 Å². The van der Waals surface area contributed by atoms with Crippen molar-refractivity contribution in [3.8, 4) is 0 Å². The van der Waals surface area contributed by atoms with Gasteiger partial charge in [0.1, 0.15) is 5.82 Å². The van der Waals surface area contributed by atoms with Crippen LogP contribution in [0.4, 0.5) is 11.6 Å². The van der Waals surface area contributed by atoms with Gasteiger partial charge in [0.15, 0.2) is 5.82 Å². The van der Waals surface area contributed by atoms with Crippen molar-refractivity contribution < 1.29 is 0 Å². The first kappa shape index (κ1) is 11.9. The number of aryl methyl sites for hydroxylation is 1. The lowest BCUT2D eigenvalue weighted by molar-refractivity contribution is 1.02. The highest BCUT2D eigenvalue weighted by Gasteiger charge is 2.13. The van der Waals surface area contributed by atoms with E-state index >= 15 is 0 Å². The standard InChI is InChI=1S/C13H12ClN5/c1-8-3-4-9-10(7-8)17-18-12(9)19(2)11-5-6-15-13(14)16-11/h3-7H,1-2H3,(H,17,18). The van der Waals surface area contributed by atoms with Crippen LogP contribution in [0.3, 0.4) is 0 Å².